The van der Waals surface area contributed by atoms with Crippen LogP contribution in [-0.2, 0) is 0 Å². The second-order valence-corrected chi connectivity index (χ2v) is 27.6. The van der Waals surface area contributed by atoms with Gasteiger partial charge in [-0.15, -0.1) is 0 Å². The maximum absolute atomic E-state index is 2.73. The van der Waals surface area contributed by atoms with Crippen molar-refractivity contribution in [2.45, 2.75) is 99.6 Å². The van der Waals surface area contributed by atoms with Crippen LogP contribution in [0.2, 0.25) is 37.3 Å². The van der Waals surface area contributed by atoms with E-state index in [1.165, 1.54) is 0 Å². The summed E-state index contributed by atoms with van der Waals surface area (Å²) in [6.07, 6.45) is 0. The summed E-state index contributed by atoms with van der Waals surface area (Å²) < 4.78 is 2.95. The summed E-state index contributed by atoms with van der Waals surface area (Å²) in [5.41, 5.74) is 1.82. The van der Waals surface area contributed by atoms with Crippen LogP contribution in [0.15, 0.2) is 0 Å². The zero-order chi connectivity index (χ0) is 14.9. The normalized spacial score (nSPS) is 16.2. The van der Waals surface area contributed by atoms with Gasteiger partial charge in [-0.2, -0.15) is 0 Å². The molecule has 2 heteroatoms. The van der Waals surface area contributed by atoms with E-state index in [1.54, 1.807) is 0 Å². The van der Waals surface area contributed by atoms with Gasteiger partial charge in [-0.25, -0.2) is 0 Å². The second kappa shape index (κ2) is 6.47. The van der Waals surface area contributed by atoms with Crippen molar-refractivity contribution in [3.05, 3.63) is 0 Å². The molecular weight excluding hydrogens is 293 g/mol. The molecule has 0 aliphatic carbocycles. The Kier molecular flexibility index (Phi) is 6.75. The van der Waals surface area contributed by atoms with Crippen LogP contribution in [0.5, 0.6) is 0 Å². The molecule has 0 aliphatic rings. The van der Waals surface area contributed by atoms with Crippen LogP contribution >= 0.6 is 0 Å². The van der Waals surface area contributed by atoms with Crippen molar-refractivity contribution in [2.75, 3.05) is 0 Å². The van der Waals surface area contributed by atoms with Crippen molar-refractivity contribution in [2.24, 2.45) is 0 Å². The Morgan fingerprint density at radius 3 is 1.11 bits per heavy atom. The van der Waals surface area contributed by atoms with E-state index in [2.05, 4.69) is 74.6 Å². The fourth-order valence-corrected chi connectivity index (χ4v) is 31.8. The van der Waals surface area contributed by atoms with Crippen molar-refractivity contribution in [1.82, 2.24) is 0 Å². The van der Waals surface area contributed by atoms with E-state index >= 15 is 0 Å². The van der Waals surface area contributed by atoms with Gasteiger partial charge in [-0.05, 0) is 0 Å². The van der Waals surface area contributed by atoms with E-state index in [0.717, 1.165) is 25.0 Å². The van der Waals surface area contributed by atoms with Gasteiger partial charge in [-0.3, -0.25) is 0 Å². The van der Waals surface area contributed by atoms with Gasteiger partial charge in [0.15, 0.2) is 0 Å². The molecule has 0 radical (unpaired) electrons. The monoisotopic (exact) mass is 332 g/mol. The topological polar surface area (TPSA) is 0 Å². The zero-order valence-corrected chi connectivity index (χ0v) is 18.0. The third-order valence-electron chi connectivity index (χ3n) is 6.84. The predicted molar refractivity (Wildman–Crippen MR) is 93.1 cm³/mol. The average Bonchev–Trinajstić information content (AvgIpc) is 2.24. The fraction of sp³-hybridized carbons (Fsp3) is 1.00. The molecule has 1 unspecified atom stereocenters. The molecule has 0 amide bonds. The van der Waals surface area contributed by atoms with Gasteiger partial charge in [0, 0.05) is 0 Å². The quantitative estimate of drug-likeness (QED) is 0.474. The molecule has 0 spiro atoms. The molecule has 0 aromatic rings. The summed E-state index contributed by atoms with van der Waals surface area (Å²) in [5.74, 6) is 2.73. The van der Waals surface area contributed by atoms with E-state index < -0.39 is 21.3 Å². The van der Waals surface area contributed by atoms with Gasteiger partial charge in [0.1, 0.15) is 0 Å². The molecule has 18 heavy (non-hydrogen) atoms. The molecule has 0 saturated carbocycles. The fourth-order valence-electron chi connectivity index (χ4n) is 4.00. The second-order valence-electron chi connectivity index (χ2n) is 8.07. The first kappa shape index (κ1) is 18.8. The Hall–Kier alpha value is 0.760. The van der Waals surface area contributed by atoms with E-state index in [-0.39, 0.29) is 0 Å². The number of hydrogen-bond donors (Lipinski definition) is 0. The minimum atomic E-state index is -1.79. The third-order valence-corrected chi connectivity index (χ3v) is 35.2. The summed E-state index contributed by atoms with van der Waals surface area (Å²) in [7, 11) is -1.19. The molecule has 1 atom stereocenters. The summed E-state index contributed by atoms with van der Waals surface area (Å²) >= 11 is -1.79. The Balaban J connectivity index is 5.63. The van der Waals surface area contributed by atoms with Crippen LogP contribution in [0.4, 0.5) is 0 Å². The van der Waals surface area contributed by atoms with Crippen LogP contribution in [0.25, 0.3) is 0 Å². The Morgan fingerprint density at radius 2 is 0.944 bits per heavy atom. The molecule has 0 fully saturated rings. The van der Waals surface area contributed by atoms with E-state index in [4.69, 9.17) is 0 Å². The summed E-state index contributed by atoms with van der Waals surface area (Å²) in [4.78, 5) is 0. The van der Waals surface area contributed by atoms with Gasteiger partial charge in [0.2, 0.25) is 0 Å². The summed E-state index contributed by atoms with van der Waals surface area (Å²) in [6.45, 7) is 25.3. The van der Waals surface area contributed by atoms with E-state index in [0.29, 0.717) is 0 Å². The predicted octanol–water partition coefficient (Wildman–Crippen LogP) is 6.71. The van der Waals surface area contributed by atoms with Crippen molar-refractivity contribution in [3.8, 4) is 0 Å². The van der Waals surface area contributed by atoms with Gasteiger partial charge < -0.3 is 0 Å². The molecule has 0 aromatic carbocycles. The molecule has 0 saturated heterocycles. The van der Waals surface area contributed by atoms with Gasteiger partial charge in [0.25, 0.3) is 0 Å². The van der Waals surface area contributed by atoms with Crippen LogP contribution in [0.3, 0.4) is 0 Å². The van der Waals surface area contributed by atoms with Gasteiger partial charge in [0.05, 0.1) is 0 Å². The van der Waals surface area contributed by atoms with Gasteiger partial charge >= 0.3 is 121 Å². The Bertz CT molecular complexity index is 214. The van der Waals surface area contributed by atoms with Crippen molar-refractivity contribution in [3.63, 3.8) is 0 Å². The molecule has 0 heterocycles. The third kappa shape index (κ3) is 3.08. The molecule has 0 bridgehead atoms. The number of rotatable bonds is 6. The first-order valence-corrected chi connectivity index (χ1v) is 16.4. The SMILES string of the molecule is CC(C)[Si](C)(C(C)C)[CH](C)[Ge]([CH3])([CH](C)C)[CH](C)C. The molecule has 0 N–H and O–H groups in total. The van der Waals surface area contributed by atoms with Crippen LogP contribution in [-0.4, -0.2) is 21.3 Å². The molecule has 0 aromatic heterocycles. The average molecular weight is 331 g/mol. The maximum atomic E-state index is 2.73. The van der Waals surface area contributed by atoms with Crippen molar-refractivity contribution < 1.29 is 0 Å². The first-order chi connectivity index (χ1) is 7.93. The van der Waals surface area contributed by atoms with Crippen LogP contribution in [0, 0.1) is 0 Å². The van der Waals surface area contributed by atoms with E-state index in [1.807, 2.05) is 0 Å². The standard InChI is InChI=1S/C16H38GeSi/c1-12(2)17(10,13(3)4)16(9)18(11,14(5)6)15(7)8/h12-16H,1-11H3. The number of hydrogen-bond acceptors (Lipinski definition) is 0. The van der Waals surface area contributed by atoms with Crippen LogP contribution in [0.1, 0.15) is 62.3 Å². The van der Waals surface area contributed by atoms with Crippen molar-refractivity contribution >= 4 is 21.3 Å². The first-order valence-electron chi connectivity index (χ1n) is 7.93. The molecular formula is C16H38GeSi. The summed E-state index contributed by atoms with van der Waals surface area (Å²) in [6, 6.07) is 0. The molecule has 0 nitrogen and oxygen atoms in total. The zero-order valence-electron chi connectivity index (χ0n) is 14.9. The Morgan fingerprint density at radius 1 is 0.667 bits per heavy atom. The minimum absolute atomic E-state index is 0.912. The molecule has 110 valence electrons. The van der Waals surface area contributed by atoms with E-state index in [9.17, 15) is 0 Å². The summed E-state index contributed by atoms with van der Waals surface area (Å²) in [5, 5.41) is 0. The molecule has 0 aliphatic heterocycles. The molecule has 0 rings (SSSR count). The Labute approximate surface area is 121 Å². The van der Waals surface area contributed by atoms with Gasteiger partial charge in [-0.1, -0.05) is 0 Å². The van der Waals surface area contributed by atoms with Crippen LogP contribution < -0.4 is 0 Å². The van der Waals surface area contributed by atoms with Crippen molar-refractivity contribution in [1.29, 1.82) is 0 Å².